The zero-order chi connectivity index (χ0) is 12.3. The third-order valence-electron chi connectivity index (χ3n) is 2.92. The Morgan fingerprint density at radius 2 is 2.12 bits per heavy atom. The molecule has 1 unspecified atom stereocenters. The van der Waals surface area contributed by atoms with E-state index in [0.29, 0.717) is 16.9 Å². The lowest BCUT2D eigenvalue weighted by molar-refractivity contribution is 0.0935. The smallest absolute Gasteiger partial charge is 0.253 e. The van der Waals surface area contributed by atoms with Crippen molar-refractivity contribution in [2.45, 2.75) is 25.3 Å². The number of hydrogen-bond donors (Lipinski definition) is 3. The molecule has 4 nitrogen and oxygen atoms in total. The van der Waals surface area contributed by atoms with E-state index in [1.54, 1.807) is 18.2 Å². The van der Waals surface area contributed by atoms with Crippen LogP contribution in [0.2, 0.25) is 0 Å². The van der Waals surface area contributed by atoms with Gasteiger partial charge in [-0.2, -0.15) is 0 Å². The zero-order valence-corrected chi connectivity index (χ0v) is 9.65. The van der Waals surface area contributed by atoms with Gasteiger partial charge in [0.15, 0.2) is 0 Å². The largest absolute Gasteiger partial charge is 0.399 e. The summed E-state index contributed by atoms with van der Waals surface area (Å²) >= 11 is 0. The van der Waals surface area contributed by atoms with E-state index in [4.69, 9.17) is 11.5 Å². The maximum absolute atomic E-state index is 12.0. The van der Waals surface area contributed by atoms with Crippen molar-refractivity contribution in [3.63, 3.8) is 0 Å². The fourth-order valence-electron chi connectivity index (χ4n) is 1.98. The lowest BCUT2D eigenvalue weighted by atomic mass is 10.0. The monoisotopic (exact) mass is 231 g/mol. The van der Waals surface area contributed by atoms with Gasteiger partial charge < -0.3 is 16.8 Å². The Kier molecular flexibility index (Phi) is 3.32. The molecule has 0 saturated carbocycles. The third kappa shape index (κ3) is 2.78. The van der Waals surface area contributed by atoms with E-state index in [0.717, 1.165) is 19.3 Å². The van der Waals surface area contributed by atoms with Gasteiger partial charge in [0.2, 0.25) is 0 Å². The molecule has 0 aromatic heterocycles. The molecule has 1 aromatic rings. The van der Waals surface area contributed by atoms with Crippen molar-refractivity contribution < 1.29 is 4.79 Å². The van der Waals surface area contributed by atoms with E-state index in [-0.39, 0.29) is 11.9 Å². The van der Waals surface area contributed by atoms with Gasteiger partial charge in [-0.25, -0.2) is 0 Å². The van der Waals surface area contributed by atoms with Crippen LogP contribution in [0.5, 0.6) is 0 Å². The fourth-order valence-corrected chi connectivity index (χ4v) is 1.98. The number of nitrogens with two attached hydrogens (primary N) is 2. The standard InChI is InChI=1S/C13H17N3O/c14-9-6-7-11(12(15)8-9)13(17)16-10-4-2-1-3-5-10/h1-2,6-8,10H,3-5,14-15H2,(H,16,17). The molecule has 90 valence electrons. The highest BCUT2D eigenvalue weighted by molar-refractivity contribution is 5.99. The number of nitrogens with one attached hydrogen (secondary N) is 1. The van der Waals surface area contributed by atoms with E-state index < -0.39 is 0 Å². The van der Waals surface area contributed by atoms with Crippen molar-refractivity contribution in [3.8, 4) is 0 Å². The average molecular weight is 231 g/mol. The topological polar surface area (TPSA) is 81.1 Å². The van der Waals surface area contributed by atoms with Gasteiger partial charge >= 0.3 is 0 Å². The van der Waals surface area contributed by atoms with Crippen molar-refractivity contribution in [2.24, 2.45) is 0 Å². The summed E-state index contributed by atoms with van der Waals surface area (Å²) in [5.41, 5.74) is 12.9. The summed E-state index contributed by atoms with van der Waals surface area (Å²) in [6, 6.07) is 5.17. The summed E-state index contributed by atoms with van der Waals surface area (Å²) in [6.45, 7) is 0. The van der Waals surface area contributed by atoms with Crippen molar-refractivity contribution in [3.05, 3.63) is 35.9 Å². The highest BCUT2D eigenvalue weighted by Gasteiger charge is 2.15. The molecule has 0 fully saturated rings. The van der Waals surface area contributed by atoms with E-state index in [9.17, 15) is 4.79 Å². The highest BCUT2D eigenvalue weighted by atomic mass is 16.1. The Morgan fingerprint density at radius 1 is 1.29 bits per heavy atom. The van der Waals surface area contributed by atoms with E-state index in [1.165, 1.54) is 0 Å². The Balaban J connectivity index is 2.06. The summed E-state index contributed by atoms with van der Waals surface area (Å²) in [5, 5.41) is 2.98. The van der Waals surface area contributed by atoms with Crippen molar-refractivity contribution in [1.29, 1.82) is 0 Å². The predicted molar refractivity (Wildman–Crippen MR) is 69.5 cm³/mol. The second-order valence-corrected chi connectivity index (χ2v) is 4.30. The van der Waals surface area contributed by atoms with Crippen LogP contribution >= 0.6 is 0 Å². The molecule has 1 aromatic carbocycles. The molecule has 1 atom stereocenters. The molecule has 2 rings (SSSR count). The van der Waals surface area contributed by atoms with E-state index in [1.807, 2.05) is 0 Å². The Morgan fingerprint density at radius 3 is 2.76 bits per heavy atom. The predicted octanol–water partition coefficient (Wildman–Crippen LogP) is 1.69. The SMILES string of the molecule is Nc1ccc(C(=O)NC2CC=CCC2)c(N)c1. The van der Waals surface area contributed by atoms with E-state index >= 15 is 0 Å². The first-order valence-corrected chi connectivity index (χ1v) is 5.77. The van der Waals surface area contributed by atoms with Gasteiger partial charge in [-0.3, -0.25) is 4.79 Å². The summed E-state index contributed by atoms with van der Waals surface area (Å²) in [5.74, 6) is -0.122. The summed E-state index contributed by atoms with van der Waals surface area (Å²) in [4.78, 5) is 12.0. The van der Waals surface area contributed by atoms with Gasteiger partial charge in [-0.05, 0) is 37.5 Å². The molecule has 0 aliphatic heterocycles. The molecule has 1 aliphatic carbocycles. The molecule has 0 heterocycles. The first kappa shape index (κ1) is 11.5. The second kappa shape index (κ2) is 4.91. The molecule has 0 bridgehead atoms. The minimum Gasteiger partial charge on any atom is -0.399 e. The molecule has 5 N–H and O–H groups in total. The highest BCUT2D eigenvalue weighted by Crippen LogP contribution is 2.17. The quantitative estimate of drug-likeness (QED) is 0.535. The third-order valence-corrected chi connectivity index (χ3v) is 2.92. The van der Waals surface area contributed by atoms with Crippen LogP contribution in [0.15, 0.2) is 30.4 Å². The Labute approximate surface area is 101 Å². The summed E-state index contributed by atoms with van der Waals surface area (Å²) < 4.78 is 0. The number of allylic oxidation sites excluding steroid dienone is 1. The number of carbonyl (C=O) groups is 1. The number of nitrogen functional groups attached to an aromatic ring is 2. The van der Waals surface area contributed by atoms with Crippen LogP contribution < -0.4 is 16.8 Å². The second-order valence-electron chi connectivity index (χ2n) is 4.30. The minimum atomic E-state index is -0.122. The van der Waals surface area contributed by atoms with Crippen molar-refractivity contribution in [1.82, 2.24) is 5.32 Å². The average Bonchev–Trinajstić information content (AvgIpc) is 2.30. The van der Waals surface area contributed by atoms with Crippen LogP contribution in [0.4, 0.5) is 11.4 Å². The molecular weight excluding hydrogens is 214 g/mol. The molecule has 1 amide bonds. The maximum atomic E-state index is 12.0. The fraction of sp³-hybridized carbons (Fsp3) is 0.308. The first-order valence-electron chi connectivity index (χ1n) is 5.77. The molecule has 0 spiro atoms. The Hall–Kier alpha value is -1.97. The Bertz CT molecular complexity index is 454. The van der Waals surface area contributed by atoms with Crippen LogP contribution in [-0.4, -0.2) is 11.9 Å². The van der Waals surface area contributed by atoms with Gasteiger partial charge in [0, 0.05) is 17.4 Å². The maximum Gasteiger partial charge on any atom is 0.253 e. The number of anilines is 2. The van der Waals surface area contributed by atoms with Crippen LogP contribution in [0.1, 0.15) is 29.6 Å². The van der Waals surface area contributed by atoms with Gasteiger partial charge in [0.25, 0.3) is 5.91 Å². The summed E-state index contributed by atoms with van der Waals surface area (Å²) in [7, 11) is 0. The summed E-state index contributed by atoms with van der Waals surface area (Å²) in [6.07, 6.45) is 7.13. The van der Waals surface area contributed by atoms with Crippen LogP contribution in [0, 0.1) is 0 Å². The lowest BCUT2D eigenvalue weighted by Crippen LogP contribution is -2.35. The number of hydrogen-bond acceptors (Lipinski definition) is 3. The van der Waals surface area contributed by atoms with Gasteiger partial charge in [0.1, 0.15) is 0 Å². The minimum absolute atomic E-state index is 0.122. The van der Waals surface area contributed by atoms with Crippen LogP contribution in [0.25, 0.3) is 0 Å². The molecule has 0 radical (unpaired) electrons. The van der Waals surface area contributed by atoms with E-state index in [2.05, 4.69) is 17.5 Å². The number of benzene rings is 1. The molecule has 17 heavy (non-hydrogen) atoms. The van der Waals surface area contributed by atoms with Gasteiger partial charge in [-0.15, -0.1) is 0 Å². The van der Waals surface area contributed by atoms with Gasteiger partial charge in [-0.1, -0.05) is 12.2 Å². The van der Waals surface area contributed by atoms with Crippen molar-refractivity contribution in [2.75, 3.05) is 11.5 Å². The molecular formula is C13H17N3O. The molecule has 1 aliphatic rings. The molecule has 4 heteroatoms. The van der Waals surface area contributed by atoms with Crippen LogP contribution in [-0.2, 0) is 0 Å². The van der Waals surface area contributed by atoms with Crippen LogP contribution in [0.3, 0.4) is 0 Å². The number of amides is 1. The first-order chi connectivity index (χ1) is 8.16. The number of carbonyl (C=O) groups excluding carboxylic acids is 1. The van der Waals surface area contributed by atoms with Gasteiger partial charge in [0.05, 0.1) is 5.56 Å². The normalized spacial score (nSPS) is 18.9. The molecule has 0 saturated heterocycles. The lowest BCUT2D eigenvalue weighted by Gasteiger charge is -2.19. The van der Waals surface area contributed by atoms with Crippen molar-refractivity contribution >= 4 is 17.3 Å². The zero-order valence-electron chi connectivity index (χ0n) is 9.65. The number of rotatable bonds is 2.